The van der Waals surface area contributed by atoms with Crippen molar-refractivity contribution in [3.8, 4) is 0 Å². The van der Waals surface area contributed by atoms with E-state index in [9.17, 15) is 4.79 Å². The van der Waals surface area contributed by atoms with Crippen molar-refractivity contribution in [2.24, 2.45) is 0 Å². The number of H-pyrrole nitrogens is 1. The molecule has 2 fully saturated rings. The molecule has 1 unspecified atom stereocenters. The molecule has 3 atom stereocenters. The molecule has 0 spiro atoms. The van der Waals surface area contributed by atoms with Crippen LogP contribution in [0.5, 0.6) is 0 Å². The molecule has 3 aromatic rings. The van der Waals surface area contributed by atoms with Crippen LogP contribution < -0.4 is 5.32 Å². The number of nitrogens with one attached hydrogen (secondary N) is 2. The number of hydrogen-bond donors (Lipinski definition) is 2. The molecule has 2 N–H and O–H groups in total. The number of fused-ring (bicyclic) bond motifs is 3. The number of piperidine rings is 1. The number of aromatic nitrogens is 1. The summed E-state index contributed by atoms with van der Waals surface area (Å²) in [7, 11) is 0. The fourth-order valence-corrected chi connectivity index (χ4v) is 5.40. The largest absolute Gasteiger partial charge is 0.361 e. The number of carbonyl (C=O) groups excluding carboxylic acids is 1. The second kappa shape index (κ2) is 6.56. The van der Waals surface area contributed by atoms with E-state index in [0.717, 1.165) is 35.9 Å². The number of hydrogen-bond acceptors (Lipinski definition) is 3. The van der Waals surface area contributed by atoms with Gasteiger partial charge in [0, 0.05) is 46.8 Å². The fourth-order valence-electron chi connectivity index (χ4n) is 4.69. The van der Waals surface area contributed by atoms with Crippen LogP contribution in [0, 0.1) is 0 Å². The third-order valence-corrected chi connectivity index (χ3v) is 6.82. The Bertz CT molecular complexity index is 902. The molecule has 1 aromatic carbocycles. The minimum atomic E-state index is 0.0533. The van der Waals surface area contributed by atoms with Gasteiger partial charge in [0.25, 0.3) is 5.91 Å². The van der Waals surface area contributed by atoms with Gasteiger partial charge in [-0.25, -0.2) is 0 Å². The number of amides is 1. The van der Waals surface area contributed by atoms with Crippen molar-refractivity contribution in [1.82, 2.24) is 15.2 Å². The van der Waals surface area contributed by atoms with Gasteiger partial charge in [0.1, 0.15) is 0 Å². The standard InChI is InChI=1S/C21H23N3OS/c25-21(15-4-3-14-7-8-22-20(14)10-15)23-16-11-17-5-6-18(12-16)24(17)13-19-2-1-9-26-19/h1-4,7-10,16-18,22H,5-6,11-13H2,(H,23,25)/t16?,17-,18+. The van der Waals surface area contributed by atoms with Crippen LogP contribution >= 0.6 is 11.3 Å². The van der Waals surface area contributed by atoms with Crippen molar-refractivity contribution in [2.45, 2.75) is 50.4 Å². The summed E-state index contributed by atoms with van der Waals surface area (Å²) in [5, 5.41) is 6.59. The van der Waals surface area contributed by atoms with Crippen LogP contribution in [0.1, 0.15) is 40.9 Å². The Morgan fingerprint density at radius 1 is 1.19 bits per heavy atom. The summed E-state index contributed by atoms with van der Waals surface area (Å²) in [6, 6.07) is 13.8. The zero-order valence-corrected chi connectivity index (χ0v) is 15.5. The van der Waals surface area contributed by atoms with Crippen molar-refractivity contribution >= 4 is 28.1 Å². The lowest BCUT2D eigenvalue weighted by atomic mass is 9.96. The smallest absolute Gasteiger partial charge is 0.251 e. The van der Waals surface area contributed by atoms with Crippen LogP contribution in [0.4, 0.5) is 0 Å². The second-order valence-electron chi connectivity index (χ2n) is 7.56. The van der Waals surface area contributed by atoms with Gasteiger partial charge < -0.3 is 10.3 Å². The van der Waals surface area contributed by atoms with Gasteiger partial charge in [-0.1, -0.05) is 12.1 Å². The molecule has 4 heterocycles. The van der Waals surface area contributed by atoms with Crippen molar-refractivity contribution in [2.75, 3.05) is 0 Å². The van der Waals surface area contributed by atoms with Gasteiger partial charge in [0.05, 0.1) is 0 Å². The van der Waals surface area contributed by atoms with Gasteiger partial charge in [0.2, 0.25) is 0 Å². The first-order valence-corrected chi connectivity index (χ1v) is 10.3. The van der Waals surface area contributed by atoms with E-state index in [-0.39, 0.29) is 5.91 Å². The summed E-state index contributed by atoms with van der Waals surface area (Å²) in [5.74, 6) is 0.0533. The fraction of sp³-hybridized carbons (Fsp3) is 0.381. The van der Waals surface area contributed by atoms with E-state index >= 15 is 0 Å². The summed E-state index contributed by atoms with van der Waals surface area (Å²) in [6.07, 6.45) is 6.57. The number of aromatic amines is 1. The van der Waals surface area contributed by atoms with E-state index < -0.39 is 0 Å². The van der Waals surface area contributed by atoms with E-state index in [0.29, 0.717) is 18.1 Å². The highest BCUT2D eigenvalue weighted by molar-refractivity contribution is 7.09. The lowest BCUT2D eigenvalue weighted by Gasteiger charge is -2.39. The molecule has 2 aromatic heterocycles. The average molecular weight is 366 g/mol. The highest BCUT2D eigenvalue weighted by atomic mass is 32.1. The van der Waals surface area contributed by atoms with Crippen LogP contribution in [0.3, 0.4) is 0 Å². The van der Waals surface area contributed by atoms with Gasteiger partial charge >= 0.3 is 0 Å². The lowest BCUT2D eigenvalue weighted by molar-refractivity contribution is 0.0830. The van der Waals surface area contributed by atoms with Crippen molar-refractivity contribution in [3.63, 3.8) is 0 Å². The molecule has 2 aliphatic rings. The summed E-state index contributed by atoms with van der Waals surface area (Å²) in [6.45, 7) is 1.07. The van der Waals surface area contributed by atoms with Gasteiger partial charge in [-0.05, 0) is 60.7 Å². The molecule has 0 radical (unpaired) electrons. The van der Waals surface area contributed by atoms with Gasteiger partial charge in [-0.15, -0.1) is 11.3 Å². The van der Waals surface area contributed by atoms with Crippen LogP contribution in [0.2, 0.25) is 0 Å². The van der Waals surface area contributed by atoms with E-state index in [1.165, 1.54) is 17.7 Å². The van der Waals surface area contributed by atoms with Crippen molar-refractivity contribution < 1.29 is 4.79 Å². The SMILES string of the molecule is O=C(NC1C[C@H]2CC[C@@H](C1)N2Cc1cccs1)c1ccc2cc[nH]c2c1. The zero-order valence-electron chi connectivity index (χ0n) is 14.7. The van der Waals surface area contributed by atoms with E-state index in [4.69, 9.17) is 0 Å². The van der Waals surface area contributed by atoms with Crippen molar-refractivity contribution in [1.29, 1.82) is 0 Å². The summed E-state index contributed by atoms with van der Waals surface area (Å²) < 4.78 is 0. The molecule has 5 rings (SSSR count). The van der Waals surface area contributed by atoms with Crippen LogP contribution in [0.25, 0.3) is 10.9 Å². The molecular weight excluding hydrogens is 342 g/mol. The van der Waals surface area contributed by atoms with Crippen LogP contribution in [-0.2, 0) is 6.54 Å². The Balaban J connectivity index is 1.25. The molecule has 0 saturated carbocycles. The van der Waals surface area contributed by atoms with Gasteiger partial charge in [-0.2, -0.15) is 0 Å². The molecule has 0 aliphatic carbocycles. The Hall–Kier alpha value is -2.11. The quantitative estimate of drug-likeness (QED) is 0.729. The van der Waals surface area contributed by atoms with Gasteiger partial charge in [0.15, 0.2) is 0 Å². The molecule has 26 heavy (non-hydrogen) atoms. The molecule has 134 valence electrons. The van der Waals surface area contributed by atoms with E-state index in [1.807, 2.05) is 41.8 Å². The first-order chi connectivity index (χ1) is 12.8. The second-order valence-corrected chi connectivity index (χ2v) is 8.59. The minimum absolute atomic E-state index is 0.0533. The monoisotopic (exact) mass is 365 g/mol. The molecule has 2 saturated heterocycles. The summed E-state index contributed by atoms with van der Waals surface area (Å²) in [5.41, 5.74) is 1.76. The average Bonchev–Trinajstić information content (AvgIpc) is 3.36. The first kappa shape index (κ1) is 16.1. The Labute approximate surface area is 157 Å². The van der Waals surface area contributed by atoms with Crippen LogP contribution in [-0.4, -0.2) is 33.9 Å². The Kier molecular flexibility index (Phi) is 4.06. The number of carbonyl (C=O) groups is 1. The first-order valence-electron chi connectivity index (χ1n) is 9.42. The maximum absolute atomic E-state index is 12.7. The number of nitrogens with zero attached hydrogens (tertiary/aromatic N) is 1. The lowest BCUT2D eigenvalue weighted by Crippen LogP contribution is -2.49. The molecule has 5 heteroatoms. The minimum Gasteiger partial charge on any atom is -0.361 e. The maximum Gasteiger partial charge on any atom is 0.251 e. The number of benzene rings is 1. The zero-order chi connectivity index (χ0) is 17.5. The highest BCUT2D eigenvalue weighted by Gasteiger charge is 2.41. The van der Waals surface area contributed by atoms with Crippen LogP contribution in [0.15, 0.2) is 48.0 Å². The highest BCUT2D eigenvalue weighted by Crippen LogP contribution is 2.37. The van der Waals surface area contributed by atoms with Crippen molar-refractivity contribution in [3.05, 3.63) is 58.4 Å². The third kappa shape index (κ3) is 2.95. The molecule has 4 nitrogen and oxygen atoms in total. The number of thiophene rings is 1. The predicted molar refractivity (Wildman–Crippen MR) is 105 cm³/mol. The summed E-state index contributed by atoms with van der Waals surface area (Å²) in [4.78, 5) is 20.0. The maximum atomic E-state index is 12.7. The number of rotatable bonds is 4. The third-order valence-electron chi connectivity index (χ3n) is 5.96. The molecule has 1 amide bonds. The normalized spacial score (nSPS) is 25.6. The topological polar surface area (TPSA) is 48.1 Å². The van der Waals surface area contributed by atoms with E-state index in [1.54, 1.807) is 0 Å². The van der Waals surface area contributed by atoms with Gasteiger partial charge in [-0.3, -0.25) is 9.69 Å². The molecule has 2 bridgehead atoms. The molecule has 2 aliphatic heterocycles. The van der Waals surface area contributed by atoms with E-state index in [2.05, 4.69) is 32.7 Å². The Morgan fingerprint density at radius 2 is 2.04 bits per heavy atom. The molecular formula is C21H23N3OS. The Morgan fingerprint density at radius 3 is 2.81 bits per heavy atom. The summed E-state index contributed by atoms with van der Waals surface area (Å²) >= 11 is 1.84. The predicted octanol–water partition coefficient (Wildman–Crippen LogP) is 4.15.